The van der Waals surface area contributed by atoms with E-state index in [9.17, 15) is 10.1 Å². The van der Waals surface area contributed by atoms with Gasteiger partial charge >= 0.3 is 0 Å². The molecule has 5 nitrogen and oxygen atoms in total. The molecule has 0 bridgehead atoms. The van der Waals surface area contributed by atoms with Gasteiger partial charge in [0.1, 0.15) is 23.1 Å². The summed E-state index contributed by atoms with van der Waals surface area (Å²) in [5.41, 5.74) is 1.29. The number of ether oxygens (including phenoxy) is 2. The number of fused-ring (bicyclic) bond motifs is 1. The summed E-state index contributed by atoms with van der Waals surface area (Å²) in [6.07, 6.45) is 1.58. The molecule has 0 saturated carbocycles. The number of hydrogen-bond donors (Lipinski definition) is 1. The third-order valence-electron chi connectivity index (χ3n) is 4.31. The quantitative estimate of drug-likeness (QED) is 0.448. The Morgan fingerprint density at radius 2 is 1.72 bits per heavy atom. The summed E-state index contributed by atoms with van der Waals surface area (Å²) in [6.45, 7) is 4.86. The smallest absolute Gasteiger partial charge is 0.266 e. The van der Waals surface area contributed by atoms with Gasteiger partial charge in [-0.05, 0) is 61.0 Å². The topological polar surface area (TPSA) is 71.3 Å². The van der Waals surface area contributed by atoms with Gasteiger partial charge in [0, 0.05) is 11.3 Å². The fourth-order valence-electron chi connectivity index (χ4n) is 3.00. The summed E-state index contributed by atoms with van der Waals surface area (Å²) in [5.74, 6) is 0.874. The maximum Gasteiger partial charge on any atom is 0.266 e. The first-order valence-electron chi connectivity index (χ1n) is 9.46. The maximum atomic E-state index is 12.7. The average molecular weight is 386 g/mol. The Bertz CT molecular complexity index is 1080. The van der Waals surface area contributed by atoms with E-state index in [4.69, 9.17) is 9.47 Å². The molecule has 3 aromatic carbocycles. The summed E-state index contributed by atoms with van der Waals surface area (Å²) in [6, 6.07) is 20.6. The number of rotatable bonds is 7. The lowest BCUT2D eigenvalue weighted by Crippen LogP contribution is -2.13. The minimum atomic E-state index is -0.480. The third-order valence-corrected chi connectivity index (χ3v) is 4.31. The second-order valence-electron chi connectivity index (χ2n) is 6.21. The molecule has 0 unspecified atom stereocenters. The molecule has 0 spiro atoms. The van der Waals surface area contributed by atoms with Crippen molar-refractivity contribution in [2.75, 3.05) is 18.5 Å². The largest absolute Gasteiger partial charge is 0.494 e. The van der Waals surface area contributed by atoms with E-state index < -0.39 is 5.91 Å². The average Bonchev–Trinajstić information content (AvgIpc) is 2.74. The molecule has 0 saturated heterocycles. The van der Waals surface area contributed by atoms with Crippen LogP contribution in [0.4, 0.5) is 5.69 Å². The van der Waals surface area contributed by atoms with Crippen LogP contribution in [0.15, 0.2) is 66.2 Å². The second-order valence-corrected chi connectivity index (χ2v) is 6.21. The van der Waals surface area contributed by atoms with Gasteiger partial charge in [0.2, 0.25) is 0 Å². The van der Waals surface area contributed by atoms with Crippen LogP contribution >= 0.6 is 0 Å². The Kier molecular flexibility index (Phi) is 6.49. The molecule has 5 heteroatoms. The molecule has 0 aliphatic rings. The van der Waals surface area contributed by atoms with Gasteiger partial charge in [-0.1, -0.05) is 30.3 Å². The maximum absolute atomic E-state index is 12.7. The summed E-state index contributed by atoms with van der Waals surface area (Å²) >= 11 is 0. The summed E-state index contributed by atoms with van der Waals surface area (Å²) in [4.78, 5) is 12.7. The molecule has 29 heavy (non-hydrogen) atoms. The molecular formula is C24H22N2O3. The lowest BCUT2D eigenvalue weighted by Gasteiger charge is -2.11. The number of benzene rings is 3. The fraction of sp³-hybridized carbons (Fsp3) is 0.167. The molecule has 0 radical (unpaired) electrons. The highest BCUT2D eigenvalue weighted by Gasteiger charge is 2.13. The van der Waals surface area contributed by atoms with Crippen LogP contribution in [0.2, 0.25) is 0 Å². The lowest BCUT2D eigenvalue weighted by atomic mass is 10.0. The number of nitriles is 1. The number of nitrogens with one attached hydrogen (secondary N) is 1. The third kappa shape index (κ3) is 4.74. The molecule has 146 valence electrons. The van der Waals surface area contributed by atoms with Crippen molar-refractivity contribution < 1.29 is 14.3 Å². The van der Waals surface area contributed by atoms with Crippen LogP contribution in [0.1, 0.15) is 19.4 Å². The fourth-order valence-corrected chi connectivity index (χ4v) is 3.00. The number of amides is 1. The van der Waals surface area contributed by atoms with Crippen molar-refractivity contribution in [3.05, 3.63) is 71.8 Å². The highest BCUT2D eigenvalue weighted by molar-refractivity contribution is 6.11. The first-order valence-corrected chi connectivity index (χ1v) is 9.46. The zero-order valence-corrected chi connectivity index (χ0v) is 16.4. The van der Waals surface area contributed by atoms with Crippen LogP contribution in [0.25, 0.3) is 16.8 Å². The second kappa shape index (κ2) is 9.43. The molecular weight excluding hydrogens is 364 g/mol. The normalized spacial score (nSPS) is 11.0. The van der Waals surface area contributed by atoms with E-state index in [1.807, 2.05) is 56.3 Å². The minimum absolute atomic E-state index is 0.00353. The van der Waals surface area contributed by atoms with Crippen molar-refractivity contribution in [3.63, 3.8) is 0 Å². The Hall–Kier alpha value is -3.78. The molecule has 3 aromatic rings. The van der Waals surface area contributed by atoms with Gasteiger partial charge in [-0.2, -0.15) is 5.26 Å². The molecule has 1 amide bonds. The van der Waals surface area contributed by atoms with Gasteiger partial charge in [-0.15, -0.1) is 0 Å². The van der Waals surface area contributed by atoms with Crippen molar-refractivity contribution in [3.8, 4) is 17.6 Å². The van der Waals surface area contributed by atoms with E-state index in [1.165, 1.54) is 0 Å². The SMILES string of the molecule is CCOc1ccc(NC(=O)/C(C#N)=C/c2c(OCC)ccc3ccccc23)cc1. The number of anilines is 1. The van der Waals surface area contributed by atoms with Crippen molar-refractivity contribution in [1.82, 2.24) is 0 Å². The molecule has 3 rings (SSSR count). The number of carbonyl (C=O) groups is 1. The van der Waals surface area contributed by atoms with Crippen LogP contribution in [0.5, 0.6) is 11.5 Å². The van der Waals surface area contributed by atoms with Gasteiger partial charge in [0.25, 0.3) is 5.91 Å². The van der Waals surface area contributed by atoms with Crippen LogP contribution in [-0.4, -0.2) is 19.1 Å². The Labute approximate surface area is 170 Å². The van der Waals surface area contributed by atoms with Crippen LogP contribution in [0.3, 0.4) is 0 Å². The van der Waals surface area contributed by atoms with E-state index in [-0.39, 0.29) is 5.57 Å². The number of nitrogens with zero attached hydrogens (tertiary/aromatic N) is 1. The summed E-state index contributed by atoms with van der Waals surface area (Å²) in [5, 5.41) is 14.3. The van der Waals surface area contributed by atoms with E-state index in [2.05, 4.69) is 5.32 Å². The highest BCUT2D eigenvalue weighted by Crippen LogP contribution is 2.30. The molecule has 1 N–H and O–H groups in total. The van der Waals surface area contributed by atoms with Crippen molar-refractivity contribution in [1.29, 1.82) is 5.26 Å². The van der Waals surface area contributed by atoms with Gasteiger partial charge in [0.05, 0.1) is 13.2 Å². The zero-order valence-electron chi connectivity index (χ0n) is 16.4. The first-order chi connectivity index (χ1) is 14.2. The monoisotopic (exact) mass is 386 g/mol. The molecule has 0 aliphatic carbocycles. The van der Waals surface area contributed by atoms with Gasteiger partial charge in [-0.3, -0.25) is 4.79 Å². The highest BCUT2D eigenvalue weighted by atomic mass is 16.5. The van der Waals surface area contributed by atoms with Crippen LogP contribution in [-0.2, 0) is 4.79 Å². The first kappa shape index (κ1) is 20.0. The molecule has 0 atom stereocenters. The van der Waals surface area contributed by atoms with E-state index in [0.29, 0.717) is 30.2 Å². The van der Waals surface area contributed by atoms with Gasteiger partial charge in [-0.25, -0.2) is 0 Å². The molecule has 0 aliphatic heterocycles. The number of hydrogen-bond acceptors (Lipinski definition) is 4. The standard InChI is InChI=1S/C24H22N2O3/c1-3-28-20-12-10-19(11-13-20)26-24(27)18(16-25)15-22-21-8-6-5-7-17(21)9-14-23(22)29-4-2/h5-15H,3-4H2,1-2H3,(H,26,27)/b18-15+. The molecule has 0 heterocycles. The van der Waals surface area contributed by atoms with Crippen molar-refractivity contribution >= 4 is 28.4 Å². The Morgan fingerprint density at radius 3 is 2.41 bits per heavy atom. The predicted molar refractivity (Wildman–Crippen MR) is 115 cm³/mol. The Morgan fingerprint density at radius 1 is 1.00 bits per heavy atom. The van der Waals surface area contributed by atoms with E-state index in [0.717, 1.165) is 16.5 Å². The van der Waals surface area contributed by atoms with Gasteiger partial charge < -0.3 is 14.8 Å². The van der Waals surface area contributed by atoms with E-state index >= 15 is 0 Å². The van der Waals surface area contributed by atoms with E-state index in [1.54, 1.807) is 30.3 Å². The lowest BCUT2D eigenvalue weighted by molar-refractivity contribution is -0.112. The van der Waals surface area contributed by atoms with Crippen molar-refractivity contribution in [2.45, 2.75) is 13.8 Å². The van der Waals surface area contributed by atoms with Gasteiger partial charge in [0.15, 0.2) is 0 Å². The molecule has 0 aromatic heterocycles. The zero-order chi connectivity index (χ0) is 20.6. The number of carbonyl (C=O) groups excluding carboxylic acids is 1. The summed E-state index contributed by atoms with van der Waals surface area (Å²) < 4.78 is 11.1. The Balaban J connectivity index is 1.94. The molecule has 0 fully saturated rings. The predicted octanol–water partition coefficient (Wildman–Crippen LogP) is 5.18. The van der Waals surface area contributed by atoms with Crippen LogP contribution < -0.4 is 14.8 Å². The minimum Gasteiger partial charge on any atom is -0.494 e. The van der Waals surface area contributed by atoms with Crippen molar-refractivity contribution in [2.24, 2.45) is 0 Å². The van der Waals surface area contributed by atoms with Crippen LogP contribution in [0, 0.1) is 11.3 Å². The summed E-state index contributed by atoms with van der Waals surface area (Å²) in [7, 11) is 0.